The van der Waals surface area contributed by atoms with Gasteiger partial charge < -0.3 is 5.32 Å². The Hall–Kier alpha value is -1.71. The van der Waals surface area contributed by atoms with Gasteiger partial charge in [0.15, 0.2) is 0 Å². The highest BCUT2D eigenvalue weighted by atomic mass is 15.1. The van der Waals surface area contributed by atoms with E-state index in [1.807, 2.05) is 18.5 Å². The predicted octanol–water partition coefficient (Wildman–Crippen LogP) is 1.90. The summed E-state index contributed by atoms with van der Waals surface area (Å²) in [6.07, 6.45) is 7.62. The lowest BCUT2D eigenvalue weighted by atomic mass is 10.0. The fourth-order valence-corrected chi connectivity index (χ4v) is 1.87. The topological polar surface area (TPSA) is 49.1 Å². The van der Waals surface area contributed by atoms with Crippen LogP contribution in [0.25, 0.3) is 0 Å². The molecular formula is C10H10N4. The normalized spacial score (nSPS) is 23.4. The van der Waals surface area contributed by atoms with E-state index in [1.54, 1.807) is 0 Å². The Balaban J connectivity index is 2.15. The molecule has 1 N–H and O–H groups in total. The molecule has 0 saturated heterocycles. The van der Waals surface area contributed by atoms with Gasteiger partial charge in [-0.25, -0.2) is 4.99 Å². The van der Waals surface area contributed by atoms with Crippen LogP contribution in [0.15, 0.2) is 50.5 Å². The minimum Gasteiger partial charge on any atom is -0.369 e. The van der Waals surface area contributed by atoms with Gasteiger partial charge in [0.05, 0.1) is 11.9 Å². The van der Waals surface area contributed by atoms with Crippen molar-refractivity contribution in [3.8, 4) is 0 Å². The summed E-state index contributed by atoms with van der Waals surface area (Å²) in [6.45, 7) is 0.913. The zero-order valence-electron chi connectivity index (χ0n) is 7.70. The molecule has 70 valence electrons. The number of fused-ring (bicyclic) bond motifs is 2. The molecule has 0 radical (unpaired) electrons. The average molecular weight is 186 g/mol. The van der Waals surface area contributed by atoms with Crippen molar-refractivity contribution in [2.24, 2.45) is 15.2 Å². The zero-order chi connectivity index (χ0) is 9.38. The molecule has 0 aromatic carbocycles. The van der Waals surface area contributed by atoms with Crippen molar-refractivity contribution >= 4 is 5.84 Å². The summed E-state index contributed by atoms with van der Waals surface area (Å²) in [4.78, 5) is 4.31. The zero-order valence-corrected chi connectivity index (χ0v) is 7.70. The molecule has 3 aliphatic heterocycles. The molecule has 0 aromatic heterocycles. The number of azo groups is 1. The van der Waals surface area contributed by atoms with Gasteiger partial charge in [-0.15, -0.1) is 0 Å². The molecule has 0 fully saturated rings. The second-order valence-electron chi connectivity index (χ2n) is 3.44. The minimum absolute atomic E-state index is 0.900. The number of nitrogens with one attached hydrogen (secondary N) is 1. The Morgan fingerprint density at radius 1 is 1.36 bits per heavy atom. The summed E-state index contributed by atoms with van der Waals surface area (Å²) in [5, 5.41) is 11.4. The number of nitrogens with zero attached hydrogens (tertiary/aromatic N) is 3. The smallest absolute Gasteiger partial charge is 0.131 e. The molecule has 0 spiro atoms. The first-order chi connectivity index (χ1) is 6.95. The molecule has 4 nitrogen and oxygen atoms in total. The second kappa shape index (κ2) is 2.90. The molecule has 0 atom stereocenters. The van der Waals surface area contributed by atoms with Crippen LogP contribution in [0.5, 0.6) is 0 Å². The van der Waals surface area contributed by atoms with E-state index in [1.165, 1.54) is 11.1 Å². The average Bonchev–Trinajstić information content (AvgIpc) is 2.61. The van der Waals surface area contributed by atoms with Gasteiger partial charge in [0.2, 0.25) is 0 Å². The number of hydrogen-bond acceptors (Lipinski definition) is 4. The van der Waals surface area contributed by atoms with E-state index in [-0.39, 0.29) is 0 Å². The third-order valence-electron chi connectivity index (χ3n) is 2.56. The van der Waals surface area contributed by atoms with E-state index in [4.69, 9.17) is 0 Å². The van der Waals surface area contributed by atoms with Gasteiger partial charge in [0, 0.05) is 23.9 Å². The fourth-order valence-electron chi connectivity index (χ4n) is 1.87. The number of allylic oxidation sites excluding steroid dienone is 2. The quantitative estimate of drug-likeness (QED) is 0.617. The molecular weight excluding hydrogens is 176 g/mol. The minimum atomic E-state index is 0.900. The monoisotopic (exact) mass is 186 g/mol. The number of rotatable bonds is 0. The predicted molar refractivity (Wildman–Crippen MR) is 53.8 cm³/mol. The highest BCUT2D eigenvalue weighted by molar-refractivity contribution is 6.01. The molecule has 0 aromatic rings. The van der Waals surface area contributed by atoms with Crippen LogP contribution in [0.1, 0.15) is 12.8 Å². The molecule has 3 rings (SSSR count). The third kappa shape index (κ3) is 1.04. The van der Waals surface area contributed by atoms with Crippen LogP contribution < -0.4 is 5.32 Å². The van der Waals surface area contributed by atoms with Gasteiger partial charge in [-0.3, -0.25) is 0 Å². The van der Waals surface area contributed by atoms with Crippen LogP contribution >= 0.6 is 0 Å². The van der Waals surface area contributed by atoms with Crippen LogP contribution in [0, 0.1) is 0 Å². The number of aliphatic imine (C=N–C) groups is 1. The van der Waals surface area contributed by atoms with E-state index >= 15 is 0 Å². The van der Waals surface area contributed by atoms with Crippen LogP contribution in [0.3, 0.4) is 0 Å². The standard InChI is InChI=1S/C10H10N4/c1-2-8-9-7(6-13-14-9)3-5-12-10(8)11-4-1/h1,4,6H,2-3,5H2,(H,11,12). The van der Waals surface area contributed by atoms with Gasteiger partial charge in [0.25, 0.3) is 0 Å². The summed E-state index contributed by atoms with van der Waals surface area (Å²) in [5.74, 6) is 0.965. The van der Waals surface area contributed by atoms with Gasteiger partial charge in [-0.2, -0.15) is 10.2 Å². The summed E-state index contributed by atoms with van der Waals surface area (Å²) >= 11 is 0. The Labute approximate surface area is 81.8 Å². The van der Waals surface area contributed by atoms with Crippen LogP contribution in [0.2, 0.25) is 0 Å². The number of amidine groups is 1. The first-order valence-corrected chi connectivity index (χ1v) is 4.75. The van der Waals surface area contributed by atoms with Crippen molar-refractivity contribution in [2.75, 3.05) is 6.54 Å². The molecule has 0 aliphatic carbocycles. The highest BCUT2D eigenvalue weighted by Crippen LogP contribution is 2.30. The Bertz CT molecular complexity index is 423. The second-order valence-corrected chi connectivity index (χ2v) is 3.44. The SMILES string of the molecule is C1=CN=C2NCCC3=CN=NC3=C2C1. The maximum absolute atomic E-state index is 4.31. The van der Waals surface area contributed by atoms with E-state index in [2.05, 4.69) is 20.5 Å². The van der Waals surface area contributed by atoms with Crippen molar-refractivity contribution in [1.82, 2.24) is 5.32 Å². The highest BCUT2D eigenvalue weighted by Gasteiger charge is 2.22. The van der Waals surface area contributed by atoms with E-state index in [0.717, 1.165) is 30.9 Å². The van der Waals surface area contributed by atoms with Gasteiger partial charge in [0.1, 0.15) is 5.84 Å². The summed E-state index contributed by atoms with van der Waals surface area (Å²) in [7, 11) is 0. The Kier molecular flexibility index (Phi) is 1.59. The van der Waals surface area contributed by atoms with Gasteiger partial charge >= 0.3 is 0 Å². The van der Waals surface area contributed by atoms with Crippen LogP contribution in [-0.4, -0.2) is 12.4 Å². The van der Waals surface area contributed by atoms with Crippen molar-refractivity contribution < 1.29 is 0 Å². The third-order valence-corrected chi connectivity index (χ3v) is 2.56. The summed E-state index contributed by atoms with van der Waals surface area (Å²) in [5.41, 5.74) is 3.43. The summed E-state index contributed by atoms with van der Waals surface area (Å²) in [6, 6.07) is 0. The van der Waals surface area contributed by atoms with E-state index in [0.29, 0.717) is 0 Å². The molecule has 0 saturated carbocycles. The van der Waals surface area contributed by atoms with E-state index < -0.39 is 0 Å². The van der Waals surface area contributed by atoms with Crippen molar-refractivity contribution in [1.29, 1.82) is 0 Å². The Morgan fingerprint density at radius 3 is 3.36 bits per heavy atom. The molecule has 3 aliphatic rings. The lowest BCUT2D eigenvalue weighted by Crippen LogP contribution is -2.25. The fraction of sp³-hybridized carbons (Fsp3) is 0.300. The molecule has 0 amide bonds. The lowest BCUT2D eigenvalue weighted by Gasteiger charge is -2.11. The molecule has 0 unspecified atom stereocenters. The largest absolute Gasteiger partial charge is 0.369 e. The van der Waals surface area contributed by atoms with Gasteiger partial charge in [-0.1, -0.05) is 6.08 Å². The van der Waals surface area contributed by atoms with Gasteiger partial charge in [-0.05, 0) is 12.8 Å². The maximum atomic E-state index is 4.31. The first-order valence-electron chi connectivity index (χ1n) is 4.75. The van der Waals surface area contributed by atoms with E-state index in [9.17, 15) is 0 Å². The van der Waals surface area contributed by atoms with Crippen LogP contribution in [0.4, 0.5) is 0 Å². The molecule has 14 heavy (non-hydrogen) atoms. The summed E-state index contributed by atoms with van der Waals surface area (Å²) < 4.78 is 0. The first kappa shape index (κ1) is 7.67. The lowest BCUT2D eigenvalue weighted by molar-refractivity contribution is 0.874. The number of hydrogen-bond donors (Lipinski definition) is 1. The molecule has 0 bridgehead atoms. The molecule has 3 heterocycles. The van der Waals surface area contributed by atoms with Crippen molar-refractivity contribution in [3.05, 3.63) is 35.3 Å². The van der Waals surface area contributed by atoms with Crippen LogP contribution in [-0.2, 0) is 0 Å². The van der Waals surface area contributed by atoms with Crippen molar-refractivity contribution in [3.63, 3.8) is 0 Å². The molecule has 4 heteroatoms. The van der Waals surface area contributed by atoms with Crippen molar-refractivity contribution in [2.45, 2.75) is 12.8 Å². The maximum Gasteiger partial charge on any atom is 0.131 e. The Morgan fingerprint density at radius 2 is 2.36 bits per heavy atom.